The van der Waals surface area contributed by atoms with E-state index in [-0.39, 0.29) is 0 Å². The highest BCUT2D eigenvalue weighted by atomic mass is 16.5. The number of aliphatic hydroxyl groups is 1. The minimum absolute atomic E-state index is 0.309. The van der Waals surface area contributed by atoms with Crippen LogP contribution in [0.2, 0.25) is 0 Å². The number of likely N-dealkylation sites (tertiary alicyclic amines) is 2. The van der Waals surface area contributed by atoms with Crippen LogP contribution in [0.5, 0.6) is 5.75 Å². The second-order valence-electron chi connectivity index (χ2n) is 7.36. The van der Waals surface area contributed by atoms with Gasteiger partial charge < -0.3 is 14.7 Å². The third-order valence-electron chi connectivity index (χ3n) is 5.41. The van der Waals surface area contributed by atoms with E-state index in [1.54, 1.807) is 0 Å². The van der Waals surface area contributed by atoms with Crippen LogP contribution in [0.25, 0.3) is 0 Å². The first-order valence-corrected chi connectivity index (χ1v) is 9.56. The second-order valence-corrected chi connectivity index (χ2v) is 7.36. The Morgan fingerprint density at radius 1 is 1.08 bits per heavy atom. The summed E-state index contributed by atoms with van der Waals surface area (Å²) in [7, 11) is 0. The Bertz CT molecular complexity index is 502. The number of benzene rings is 1. The Morgan fingerprint density at radius 2 is 1.83 bits per heavy atom. The number of para-hydroxylation sites is 1. The minimum Gasteiger partial charge on any atom is -0.493 e. The minimum atomic E-state index is 0.309. The summed E-state index contributed by atoms with van der Waals surface area (Å²) >= 11 is 0. The Labute approximate surface area is 146 Å². The Kier molecular flexibility index (Phi) is 6.52. The molecule has 0 aromatic heterocycles. The normalized spacial score (nSPS) is 25.4. The van der Waals surface area contributed by atoms with E-state index < -0.39 is 0 Å². The van der Waals surface area contributed by atoms with Gasteiger partial charge in [-0.2, -0.15) is 0 Å². The summed E-state index contributed by atoms with van der Waals surface area (Å²) in [4.78, 5) is 5.07. The lowest BCUT2D eigenvalue weighted by Gasteiger charge is -2.23. The number of nitrogens with zero attached hydrogens (tertiary/aromatic N) is 2. The van der Waals surface area contributed by atoms with Crippen LogP contribution in [0.1, 0.15) is 31.7 Å². The maximum atomic E-state index is 9.80. The molecule has 2 heterocycles. The molecule has 1 aromatic rings. The van der Waals surface area contributed by atoms with E-state index in [2.05, 4.69) is 34.9 Å². The zero-order valence-corrected chi connectivity index (χ0v) is 15.0. The van der Waals surface area contributed by atoms with Crippen LogP contribution < -0.4 is 4.74 Å². The molecular formula is C20H32N2O2. The highest BCUT2D eigenvalue weighted by Crippen LogP contribution is 2.28. The van der Waals surface area contributed by atoms with Crippen LogP contribution in [0.3, 0.4) is 0 Å². The molecule has 0 bridgehead atoms. The quantitative estimate of drug-likeness (QED) is 0.794. The Morgan fingerprint density at radius 3 is 2.58 bits per heavy atom. The van der Waals surface area contributed by atoms with Gasteiger partial charge in [0, 0.05) is 38.3 Å². The second kappa shape index (κ2) is 8.84. The fourth-order valence-corrected chi connectivity index (χ4v) is 4.10. The maximum absolute atomic E-state index is 9.80. The third kappa shape index (κ3) is 4.50. The topological polar surface area (TPSA) is 35.9 Å². The highest BCUT2D eigenvalue weighted by Gasteiger charge is 2.34. The smallest absolute Gasteiger partial charge is 0.123 e. The molecule has 4 nitrogen and oxygen atoms in total. The van der Waals surface area contributed by atoms with Gasteiger partial charge in [0.25, 0.3) is 0 Å². The average Bonchev–Trinajstić information content (AvgIpc) is 3.24. The van der Waals surface area contributed by atoms with Crippen LogP contribution in [-0.2, 0) is 6.54 Å². The molecule has 1 aromatic carbocycles. The van der Waals surface area contributed by atoms with E-state index in [9.17, 15) is 5.11 Å². The van der Waals surface area contributed by atoms with Gasteiger partial charge in [0.1, 0.15) is 5.75 Å². The highest BCUT2D eigenvalue weighted by molar-refractivity contribution is 5.33. The number of hydrogen-bond acceptors (Lipinski definition) is 4. The van der Waals surface area contributed by atoms with Crippen molar-refractivity contribution in [1.82, 2.24) is 9.80 Å². The maximum Gasteiger partial charge on any atom is 0.123 e. The fourth-order valence-electron chi connectivity index (χ4n) is 4.10. The summed E-state index contributed by atoms with van der Waals surface area (Å²) in [6.45, 7) is 9.85. The van der Waals surface area contributed by atoms with Crippen molar-refractivity contribution in [3.8, 4) is 5.75 Å². The number of ether oxygens (including phenoxy) is 1. The van der Waals surface area contributed by atoms with Crippen molar-refractivity contribution in [2.45, 2.75) is 32.7 Å². The summed E-state index contributed by atoms with van der Waals surface area (Å²) in [6.07, 6.45) is 3.70. The Hall–Kier alpha value is -1.10. The van der Waals surface area contributed by atoms with Crippen LogP contribution >= 0.6 is 0 Å². The molecule has 2 saturated heterocycles. The summed E-state index contributed by atoms with van der Waals surface area (Å²) in [6, 6.07) is 8.39. The first-order chi connectivity index (χ1) is 11.8. The first kappa shape index (κ1) is 17.7. The van der Waals surface area contributed by atoms with Crippen molar-refractivity contribution in [2.75, 3.05) is 45.9 Å². The molecule has 0 aliphatic carbocycles. The average molecular weight is 332 g/mol. The molecule has 0 amide bonds. The van der Waals surface area contributed by atoms with Crippen molar-refractivity contribution in [1.29, 1.82) is 0 Å². The van der Waals surface area contributed by atoms with E-state index in [1.165, 1.54) is 31.5 Å². The van der Waals surface area contributed by atoms with Gasteiger partial charge in [-0.05, 0) is 50.3 Å². The van der Waals surface area contributed by atoms with Gasteiger partial charge in [-0.25, -0.2) is 0 Å². The van der Waals surface area contributed by atoms with Gasteiger partial charge >= 0.3 is 0 Å². The SMILES string of the molecule is CCCOc1ccccc1CN1C[C@@H](CN2CCCC2)[C@@H](CO)C1. The van der Waals surface area contributed by atoms with E-state index in [0.717, 1.165) is 45.0 Å². The molecule has 24 heavy (non-hydrogen) atoms. The molecule has 0 radical (unpaired) electrons. The van der Waals surface area contributed by atoms with E-state index in [1.807, 2.05) is 6.07 Å². The standard InChI is InChI=1S/C20H32N2O2/c1-2-11-24-20-8-4-3-7-17(20)12-22-14-18(19(15-22)16-23)13-21-9-5-6-10-21/h3-4,7-8,18-19,23H,2,5-6,9-16H2,1H3/t18-,19-/m1/s1. The zero-order valence-electron chi connectivity index (χ0n) is 15.0. The first-order valence-electron chi connectivity index (χ1n) is 9.56. The van der Waals surface area contributed by atoms with Gasteiger partial charge in [-0.3, -0.25) is 4.90 Å². The van der Waals surface area contributed by atoms with Crippen LogP contribution in [0.4, 0.5) is 0 Å². The summed E-state index contributed by atoms with van der Waals surface area (Å²) in [5, 5.41) is 9.80. The zero-order chi connectivity index (χ0) is 16.8. The molecular weight excluding hydrogens is 300 g/mol. The number of hydrogen-bond donors (Lipinski definition) is 1. The van der Waals surface area contributed by atoms with Crippen molar-refractivity contribution in [3.05, 3.63) is 29.8 Å². The van der Waals surface area contributed by atoms with Gasteiger partial charge in [0.05, 0.1) is 6.61 Å². The van der Waals surface area contributed by atoms with Crippen LogP contribution in [0.15, 0.2) is 24.3 Å². The van der Waals surface area contributed by atoms with Gasteiger partial charge in [0.15, 0.2) is 0 Å². The predicted octanol–water partition coefficient (Wildman–Crippen LogP) is 2.61. The molecule has 2 aliphatic rings. The largest absolute Gasteiger partial charge is 0.493 e. The van der Waals surface area contributed by atoms with E-state index >= 15 is 0 Å². The summed E-state index contributed by atoms with van der Waals surface area (Å²) in [5.41, 5.74) is 1.27. The number of aliphatic hydroxyl groups excluding tert-OH is 1. The monoisotopic (exact) mass is 332 g/mol. The lowest BCUT2D eigenvalue weighted by Crippen LogP contribution is -2.31. The summed E-state index contributed by atoms with van der Waals surface area (Å²) in [5.74, 6) is 2.02. The van der Waals surface area contributed by atoms with Gasteiger partial charge in [-0.1, -0.05) is 25.1 Å². The van der Waals surface area contributed by atoms with Crippen molar-refractivity contribution in [2.24, 2.45) is 11.8 Å². The van der Waals surface area contributed by atoms with Crippen LogP contribution in [0, 0.1) is 11.8 Å². The molecule has 0 unspecified atom stereocenters. The molecule has 134 valence electrons. The third-order valence-corrected chi connectivity index (χ3v) is 5.41. The molecule has 1 N–H and O–H groups in total. The van der Waals surface area contributed by atoms with E-state index in [0.29, 0.717) is 18.4 Å². The van der Waals surface area contributed by atoms with Crippen molar-refractivity contribution < 1.29 is 9.84 Å². The molecule has 2 atom stereocenters. The lowest BCUT2D eigenvalue weighted by molar-refractivity contribution is 0.175. The van der Waals surface area contributed by atoms with Gasteiger partial charge in [-0.15, -0.1) is 0 Å². The lowest BCUT2D eigenvalue weighted by atomic mass is 9.96. The molecule has 4 heteroatoms. The molecule has 0 spiro atoms. The van der Waals surface area contributed by atoms with Crippen molar-refractivity contribution >= 4 is 0 Å². The molecule has 2 fully saturated rings. The number of rotatable bonds is 8. The van der Waals surface area contributed by atoms with E-state index in [4.69, 9.17) is 4.74 Å². The van der Waals surface area contributed by atoms with Gasteiger partial charge in [0.2, 0.25) is 0 Å². The molecule has 3 rings (SSSR count). The fraction of sp³-hybridized carbons (Fsp3) is 0.700. The van der Waals surface area contributed by atoms with Crippen molar-refractivity contribution in [3.63, 3.8) is 0 Å². The predicted molar refractivity (Wildman–Crippen MR) is 97.2 cm³/mol. The molecule has 0 saturated carbocycles. The molecule has 2 aliphatic heterocycles. The van der Waals surface area contributed by atoms with Crippen LogP contribution in [-0.4, -0.2) is 60.8 Å². The Balaban J connectivity index is 1.59. The summed E-state index contributed by atoms with van der Waals surface area (Å²) < 4.78 is 5.90.